The number of thiophene rings is 1. The number of aromatic carboxylic acids is 1. The summed E-state index contributed by atoms with van der Waals surface area (Å²) in [5, 5.41) is 37.3. The van der Waals surface area contributed by atoms with Crippen LogP contribution in [-0.4, -0.2) is 38.5 Å². The summed E-state index contributed by atoms with van der Waals surface area (Å²) < 4.78 is 0. The van der Waals surface area contributed by atoms with Gasteiger partial charge < -0.3 is 20.4 Å². The van der Waals surface area contributed by atoms with Crippen LogP contribution in [0.4, 0.5) is 0 Å². The number of hydrogen-bond donors (Lipinski definition) is 4. The van der Waals surface area contributed by atoms with Gasteiger partial charge in [0.15, 0.2) is 0 Å². The van der Waals surface area contributed by atoms with Crippen molar-refractivity contribution in [1.82, 2.24) is 0 Å². The number of aliphatic carboxylic acids is 1. The molecule has 2 unspecified atom stereocenters. The minimum absolute atomic E-state index is 0.0246. The molecule has 0 aromatic carbocycles. The Hall–Kier alpha value is -1.44. The average molecular weight is 246 g/mol. The van der Waals surface area contributed by atoms with Crippen molar-refractivity contribution in [2.45, 2.75) is 18.6 Å². The highest BCUT2D eigenvalue weighted by Crippen LogP contribution is 2.24. The summed E-state index contributed by atoms with van der Waals surface area (Å²) in [6, 6.07) is 1.21. The van der Waals surface area contributed by atoms with Gasteiger partial charge in [0.25, 0.3) is 0 Å². The van der Waals surface area contributed by atoms with Crippen molar-refractivity contribution < 1.29 is 30.0 Å². The largest absolute Gasteiger partial charge is 0.481 e. The molecule has 0 amide bonds. The van der Waals surface area contributed by atoms with E-state index in [4.69, 9.17) is 10.2 Å². The number of aliphatic hydroxyl groups excluding tert-OH is 2. The molecule has 16 heavy (non-hydrogen) atoms. The van der Waals surface area contributed by atoms with Crippen LogP contribution in [-0.2, 0) is 4.79 Å². The second-order valence-corrected chi connectivity index (χ2v) is 4.07. The zero-order valence-corrected chi connectivity index (χ0v) is 8.85. The van der Waals surface area contributed by atoms with Gasteiger partial charge in [-0.3, -0.25) is 4.79 Å². The molecule has 0 bridgehead atoms. The molecule has 0 aliphatic carbocycles. The van der Waals surface area contributed by atoms with Crippen molar-refractivity contribution in [2.75, 3.05) is 0 Å². The topological polar surface area (TPSA) is 115 Å². The van der Waals surface area contributed by atoms with Gasteiger partial charge in [0.05, 0.1) is 12.5 Å². The lowest BCUT2D eigenvalue weighted by atomic mass is 10.1. The van der Waals surface area contributed by atoms with Crippen LogP contribution < -0.4 is 0 Å². The van der Waals surface area contributed by atoms with Crippen molar-refractivity contribution in [1.29, 1.82) is 0 Å². The van der Waals surface area contributed by atoms with Gasteiger partial charge in [0, 0.05) is 0 Å². The molecule has 2 atom stereocenters. The van der Waals surface area contributed by atoms with Gasteiger partial charge in [0.2, 0.25) is 0 Å². The van der Waals surface area contributed by atoms with E-state index in [0.717, 1.165) is 11.3 Å². The van der Waals surface area contributed by atoms with Gasteiger partial charge in [-0.1, -0.05) is 0 Å². The van der Waals surface area contributed by atoms with Crippen LogP contribution in [0.1, 0.15) is 27.8 Å². The fourth-order valence-electron chi connectivity index (χ4n) is 1.13. The molecule has 0 saturated heterocycles. The monoisotopic (exact) mass is 246 g/mol. The van der Waals surface area contributed by atoms with Crippen LogP contribution in [0.15, 0.2) is 11.4 Å². The number of carboxylic acid groups (broad SMARTS) is 2. The van der Waals surface area contributed by atoms with Crippen LogP contribution in [0.25, 0.3) is 0 Å². The molecule has 1 rings (SSSR count). The van der Waals surface area contributed by atoms with E-state index in [0.29, 0.717) is 0 Å². The molecule has 6 nitrogen and oxygen atoms in total. The predicted molar refractivity (Wildman–Crippen MR) is 54.5 cm³/mol. The van der Waals surface area contributed by atoms with E-state index in [9.17, 15) is 19.8 Å². The molecule has 88 valence electrons. The molecular formula is C9H10O6S. The molecule has 0 saturated carbocycles. The van der Waals surface area contributed by atoms with Crippen LogP contribution in [0.2, 0.25) is 0 Å². The molecule has 0 spiro atoms. The molecule has 0 radical (unpaired) electrons. The Morgan fingerprint density at radius 3 is 2.38 bits per heavy atom. The van der Waals surface area contributed by atoms with E-state index >= 15 is 0 Å². The molecule has 1 heterocycles. The summed E-state index contributed by atoms with van der Waals surface area (Å²) in [6.07, 6.45) is -3.44. The Balaban J connectivity index is 2.75. The maximum atomic E-state index is 10.6. The summed E-state index contributed by atoms with van der Waals surface area (Å²) in [4.78, 5) is 20.9. The van der Waals surface area contributed by atoms with Crippen LogP contribution in [0.5, 0.6) is 0 Å². The van der Waals surface area contributed by atoms with Crippen LogP contribution in [0.3, 0.4) is 0 Å². The Morgan fingerprint density at radius 2 is 1.94 bits per heavy atom. The van der Waals surface area contributed by atoms with Crippen LogP contribution in [0, 0.1) is 0 Å². The summed E-state index contributed by atoms with van der Waals surface area (Å²) in [6.45, 7) is 0. The number of carbonyl (C=O) groups is 2. The third-order valence-corrected chi connectivity index (χ3v) is 2.86. The molecule has 0 aliphatic rings. The molecule has 0 fully saturated rings. The van der Waals surface area contributed by atoms with Gasteiger partial charge in [0.1, 0.15) is 11.0 Å². The molecule has 7 heteroatoms. The first-order valence-corrected chi connectivity index (χ1v) is 5.19. The van der Waals surface area contributed by atoms with E-state index in [1.165, 1.54) is 11.4 Å². The summed E-state index contributed by atoms with van der Waals surface area (Å²) >= 11 is 0.904. The summed E-state index contributed by atoms with van der Waals surface area (Å²) in [5.74, 6) is -2.36. The highest BCUT2D eigenvalue weighted by molar-refractivity contribution is 7.12. The summed E-state index contributed by atoms with van der Waals surface area (Å²) in [5.41, 5.74) is 0.205. The molecular weight excluding hydrogens is 236 g/mol. The Bertz CT molecular complexity index is 398. The molecule has 1 aromatic heterocycles. The van der Waals surface area contributed by atoms with E-state index in [1.807, 2.05) is 0 Å². The first-order valence-electron chi connectivity index (χ1n) is 4.31. The van der Waals surface area contributed by atoms with Crippen molar-refractivity contribution in [3.8, 4) is 0 Å². The highest BCUT2D eigenvalue weighted by Gasteiger charge is 2.23. The van der Waals surface area contributed by atoms with E-state index < -0.39 is 30.6 Å². The third kappa shape index (κ3) is 3.02. The van der Waals surface area contributed by atoms with Crippen LogP contribution >= 0.6 is 11.3 Å². The first kappa shape index (κ1) is 12.6. The van der Waals surface area contributed by atoms with Gasteiger partial charge >= 0.3 is 11.9 Å². The minimum atomic E-state index is -1.45. The number of rotatable bonds is 5. The lowest BCUT2D eigenvalue weighted by Crippen LogP contribution is -2.21. The molecule has 1 aromatic rings. The predicted octanol–water partition coefficient (Wildman–Crippen LogP) is 0.315. The van der Waals surface area contributed by atoms with Crippen molar-refractivity contribution in [3.05, 3.63) is 21.9 Å². The smallest absolute Gasteiger partial charge is 0.345 e. The number of aliphatic hydroxyl groups is 2. The van der Waals surface area contributed by atoms with Crippen molar-refractivity contribution in [2.24, 2.45) is 0 Å². The standard InChI is InChI=1S/C9H10O6S/c10-5(2-7(11)12)8(13)4-1-6(9(14)15)16-3-4/h1,3,5,8,10,13H,2H2,(H,11,12)(H,14,15). The maximum absolute atomic E-state index is 10.6. The molecule has 4 N–H and O–H groups in total. The second-order valence-electron chi connectivity index (χ2n) is 3.16. The Kier molecular flexibility index (Phi) is 3.99. The highest BCUT2D eigenvalue weighted by atomic mass is 32.1. The zero-order chi connectivity index (χ0) is 12.3. The third-order valence-electron chi connectivity index (χ3n) is 1.92. The number of hydrogen-bond acceptors (Lipinski definition) is 5. The quantitative estimate of drug-likeness (QED) is 0.594. The molecule has 0 aliphatic heterocycles. The van der Waals surface area contributed by atoms with Crippen molar-refractivity contribution in [3.63, 3.8) is 0 Å². The Labute approximate surface area is 94.4 Å². The first-order chi connectivity index (χ1) is 7.41. The summed E-state index contributed by atoms with van der Waals surface area (Å²) in [7, 11) is 0. The normalized spacial score (nSPS) is 14.4. The van der Waals surface area contributed by atoms with Gasteiger partial charge in [-0.25, -0.2) is 4.79 Å². The fourth-order valence-corrected chi connectivity index (χ4v) is 1.91. The average Bonchev–Trinajstić information content (AvgIpc) is 2.64. The Morgan fingerprint density at radius 1 is 1.31 bits per heavy atom. The van der Waals surface area contributed by atoms with Gasteiger partial charge in [-0.15, -0.1) is 11.3 Å². The fraction of sp³-hybridized carbons (Fsp3) is 0.333. The lowest BCUT2D eigenvalue weighted by molar-refractivity contribution is -0.141. The van der Waals surface area contributed by atoms with Gasteiger partial charge in [-0.2, -0.15) is 0 Å². The SMILES string of the molecule is O=C(O)CC(O)C(O)c1csc(C(=O)O)c1. The second kappa shape index (κ2) is 5.06. The maximum Gasteiger partial charge on any atom is 0.345 e. The van der Waals surface area contributed by atoms with Crippen molar-refractivity contribution >= 4 is 23.3 Å². The number of carboxylic acids is 2. The zero-order valence-electron chi connectivity index (χ0n) is 8.03. The van der Waals surface area contributed by atoms with E-state index in [1.54, 1.807) is 0 Å². The minimum Gasteiger partial charge on any atom is -0.481 e. The van der Waals surface area contributed by atoms with Gasteiger partial charge in [-0.05, 0) is 17.0 Å². The van der Waals surface area contributed by atoms with E-state index in [2.05, 4.69) is 0 Å². The van der Waals surface area contributed by atoms with E-state index in [-0.39, 0.29) is 10.4 Å². The lowest BCUT2D eigenvalue weighted by Gasteiger charge is -2.14.